The second-order valence-corrected chi connectivity index (χ2v) is 3.06. The Bertz CT molecular complexity index is 342. The summed E-state index contributed by atoms with van der Waals surface area (Å²) < 4.78 is 0. The Hall–Kier alpha value is -1.44. The third-order valence-corrected chi connectivity index (χ3v) is 2.34. The first kappa shape index (κ1) is 8.17. The second-order valence-electron chi connectivity index (χ2n) is 3.06. The standard InChI is InChI=1S/C11H14N2/c1-3-11-12-9-7-5-6-8-10(9)13(11)4-2/h3,5-8,12H,4H2,1-2H3. The molecule has 0 saturated carbocycles. The molecule has 0 radical (unpaired) electrons. The quantitative estimate of drug-likeness (QED) is 0.704. The summed E-state index contributed by atoms with van der Waals surface area (Å²) in [5.41, 5.74) is 2.48. The minimum atomic E-state index is 1.00. The summed E-state index contributed by atoms with van der Waals surface area (Å²) in [4.78, 5) is 2.27. The van der Waals surface area contributed by atoms with Crippen molar-refractivity contribution in [3.05, 3.63) is 36.2 Å². The maximum atomic E-state index is 3.37. The Labute approximate surface area is 78.9 Å². The van der Waals surface area contributed by atoms with E-state index in [1.54, 1.807) is 0 Å². The predicted octanol–water partition coefficient (Wildman–Crippen LogP) is 2.80. The van der Waals surface area contributed by atoms with Gasteiger partial charge in [-0.15, -0.1) is 0 Å². The van der Waals surface area contributed by atoms with Crippen LogP contribution in [0.4, 0.5) is 11.4 Å². The molecule has 1 aliphatic heterocycles. The van der Waals surface area contributed by atoms with Crippen LogP contribution in [0.25, 0.3) is 0 Å². The normalized spacial score (nSPS) is 17.4. The first-order valence-corrected chi connectivity index (χ1v) is 4.66. The highest BCUT2D eigenvalue weighted by Gasteiger charge is 2.20. The summed E-state index contributed by atoms with van der Waals surface area (Å²) in [6, 6.07) is 8.37. The molecule has 68 valence electrons. The summed E-state index contributed by atoms with van der Waals surface area (Å²) in [7, 11) is 0. The van der Waals surface area contributed by atoms with Gasteiger partial charge in [0.2, 0.25) is 0 Å². The maximum absolute atomic E-state index is 3.37. The van der Waals surface area contributed by atoms with Crippen LogP contribution in [0, 0.1) is 0 Å². The molecule has 0 atom stereocenters. The minimum absolute atomic E-state index is 1.00. The number of rotatable bonds is 1. The van der Waals surface area contributed by atoms with Gasteiger partial charge in [-0.25, -0.2) is 0 Å². The summed E-state index contributed by atoms with van der Waals surface area (Å²) in [6.45, 7) is 5.22. The smallest absolute Gasteiger partial charge is 0.106 e. The fraction of sp³-hybridized carbons (Fsp3) is 0.273. The van der Waals surface area contributed by atoms with Crippen molar-refractivity contribution in [1.82, 2.24) is 0 Å². The molecule has 1 aromatic rings. The average Bonchev–Trinajstić information content (AvgIpc) is 2.55. The molecule has 0 bridgehead atoms. The highest BCUT2D eigenvalue weighted by Crippen LogP contribution is 2.35. The van der Waals surface area contributed by atoms with Crippen LogP contribution in [0.3, 0.4) is 0 Å². The van der Waals surface area contributed by atoms with E-state index < -0.39 is 0 Å². The Morgan fingerprint density at radius 2 is 2.15 bits per heavy atom. The van der Waals surface area contributed by atoms with Crippen molar-refractivity contribution < 1.29 is 0 Å². The fourth-order valence-corrected chi connectivity index (χ4v) is 1.72. The lowest BCUT2D eigenvalue weighted by molar-refractivity contribution is 0.987. The number of nitrogens with one attached hydrogen (secondary N) is 1. The lowest BCUT2D eigenvalue weighted by Crippen LogP contribution is -2.19. The van der Waals surface area contributed by atoms with Gasteiger partial charge in [-0.1, -0.05) is 12.1 Å². The van der Waals surface area contributed by atoms with E-state index in [9.17, 15) is 0 Å². The SMILES string of the molecule is CC=C1Nc2ccccc2N1CC. The highest BCUT2D eigenvalue weighted by molar-refractivity contribution is 5.80. The van der Waals surface area contributed by atoms with Gasteiger partial charge in [0, 0.05) is 6.54 Å². The third kappa shape index (κ3) is 1.18. The van der Waals surface area contributed by atoms with Crippen molar-refractivity contribution in [1.29, 1.82) is 0 Å². The average molecular weight is 174 g/mol. The number of anilines is 2. The van der Waals surface area contributed by atoms with Crippen LogP contribution in [0.5, 0.6) is 0 Å². The minimum Gasteiger partial charge on any atom is -0.340 e. The number of hydrogen-bond donors (Lipinski definition) is 1. The molecule has 1 N–H and O–H groups in total. The highest BCUT2D eigenvalue weighted by atomic mass is 15.3. The zero-order chi connectivity index (χ0) is 9.26. The van der Waals surface area contributed by atoms with E-state index in [-0.39, 0.29) is 0 Å². The molecule has 13 heavy (non-hydrogen) atoms. The molecular formula is C11H14N2. The summed E-state index contributed by atoms with van der Waals surface area (Å²) in [5.74, 6) is 1.18. The van der Waals surface area contributed by atoms with Crippen molar-refractivity contribution in [2.75, 3.05) is 16.8 Å². The van der Waals surface area contributed by atoms with Gasteiger partial charge in [0.25, 0.3) is 0 Å². The molecule has 0 aliphatic carbocycles. The van der Waals surface area contributed by atoms with Gasteiger partial charge >= 0.3 is 0 Å². The maximum Gasteiger partial charge on any atom is 0.106 e. The van der Waals surface area contributed by atoms with Crippen molar-refractivity contribution in [2.24, 2.45) is 0 Å². The Morgan fingerprint density at radius 3 is 2.85 bits per heavy atom. The Balaban J connectivity index is 2.46. The van der Waals surface area contributed by atoms with Crippen LogP contribution in [-0.2, 0) is 0 Å². The molecule has 2 rings (SSSR count). The number of fused-ring (bicyclic) bond motifs is 1. The number of allylic oxidation sites excluding steroid dienone is 1. The third-order valence-electron chi connectivity index (χ3n) is 2.34. The molecule has 0 spiro atoms. The lowest BCUT2D eigenvalue weighted by Gasteiger charge is -2.16. The molecule has 0 unspecified atom stereocenters. The number of hydrogen-bond acceptors (Lipinski definition) is 2. The van der Waals surface area contributed by atoms with Crippen molar-refractivity contribution in [3.8, 4) is 0 Å². The summed E-state index contributed by atoms with van der Waals surface area (Å²) in [6.07, 6.45) is 2.10. The molecule has 0 fully saturated rings. The van der Waals surface area contributed by atoms with Crippen LogP contribution in [-0.4, -0.2) is 6.54 Å². The molecular weight excluding hydrogens is 160 g/mol. The van der Waals surface area contributed by atoms with Crippen molar-refractivity contribution in [3.63, 3.8) is 0 Å². The number of nitrogens with zero attached hydrogens (tertiary/aromatic N) is 1. The van der Waals surface area contributed by atoms with Crippen LogP contribution < -0.4 is 10.2 Å². The monoisotopic (exact) mass is 174 g/mol. The van der Waals surface area contributed by atoms with Gasteiger partial charge in [0.1, 0.15) is 5.82 Å². The van der Waals surface area contributed by atoms with Crippen molar-refractivity contribution in [2.45, 2.75) is 13.8 Å². The molecule has 2 nitrogen and oxygen atoms in total. The summed E-state index contributed by atoms with van der Waals surface area (Å²) in [5, 5.41) is 3.37. The first-order chi connectivity index (χ1) is 6.36. The van der Waals surface area contributed by atoms with E-state index in [4.69, 9.17) is 0 Å². The predicted molar refractivity (Wildman–Crippen MR) is 56.8 cm³/mol. The number of para-hydroxylation sites is 2. The lowest BCUT2D eigenvalue weighted by atomic mass is 10.3. The van der Waals surface area contributed by atoms with Crippen LogP contribution >= 0.6 is 0 Å². The molecule has 1 aromatic carbocycles. The van der Waals surface area contributed by atoms with Gasteiger partial charge in [0.05, 0.1) is 11.4 Å². The van der Waals surface area contributed by atoms with Gasteiger partial charge in [-0.05, 0) is 32.1 Å². The molecule has 0 amide bonds. The largest absolute Gasteiger partial charge is 0.340 e. The van der Waals surface area contributed by atoms with E-state index in [1.807, 2.05) is 0 Å². The Kier molecular flexibility index (Phi) is 1.97. The number of benzene rings is 1. The molecule has 2 heteroatoms. The van der Waals surface area contributed by atoms with Crippen LogP contribution in [0.1, 0.15) is 13.8 Å². The van der Waals surface area contributed by atoms with Gasteiger partial charge < -0.3 is 10.2 Å². The zero-order valence-corrected chi connectivity index (χ0v) is 8.04. The van der Waals surface area contributed by atoms with E-state index in [0.717, 1.165) is 6.54 Å². The zero-order valence-electron chi connectivity index (χ0n) is 8.04. The molecule has 1 aliphatic rings. The van der Waals surface area contributed by atoms with E-state index in [0.29, 0.717) is 0 Å². The molecule has 0 aromatic heterocycles. The van der Waals surface area contributed by atoms with Gasteiger partial charge in [-0.2, -0.15) is 0 Å². The van der Waals surface area contributed by atoms with Gasteiger partial charge in [0.15, 0.2) is 0 Å². The van der Waals surface area contributed by atoms with E-state index in [2.05, 4.69) is 54.4 Å². The molecule has 0 saturated heterocycles. The topological polar surface area (TPSA) is 15.3 Å². The van der Waals surface area contributed by atoms with Crippen LogP contribution in [0.2, 0.25) is 0 Å². The van der Waals surface area contributed by atoms with Crippen molar-refractivity contribution >= 4 is 11.4 Å². The fourth-order valence-electron chi connectivity index (χ4n) is 1.72. The Morgan fingerprint density at radius 1 is 1.38 bits per heavy atom. The first-order valence-electron chi connectivity index (χ1n) is 4.66. The molecule has 1 heterocycles. The second kappa shape index (κ2) is 3.13. The van der Waals surface area contributed by atoms with E-state index in [1.165, 1.54) is 17.2 Å². The van der Waals surface area contributed by atoms with E-state index >= 15 is 0 Å². The van der Waals surface area contributed by atoms with Crippen LogP contribution in [0.15, 0.2) is 36.2 Å². The van der Waals surface area contributed by atoms with Gasteiger partial charge in [-0.3, -0.25) is 0 Å². The summed E-state index contributed by atoms with van der Waals surface area (Å²) >= 11 is 0.